The number of rotatable bonds is 8. The van der Waals surface area contributed by atoms with E-state index in [0.717, 1.165) is 48.9 Å². The molecule has 0 bridgehead atoms. The number of para-hydroxylation sites is 1. The van der Waals surface area contributed by atoms with Crippen LogP contribution in [0, 0.1) is 0 Å². The van der Waals surface area contributed by atoms with Crippen molar-refractivity contribution in [1.29, 1.82) is 0 Å². The van der Waals surface area contributed by atoms with E-state index in [-0.39, 0.29) is 0 Å². The van der Waals surface area contributed by atoms with Crippen LogP contribution in [0.25, 0.3) is 10.8 Å². The number of morpholine rings is 2. The first kappa shape index (κ1) is 25.1. The third-order valence-electron chi connectivity index (χ3n) is 6.89. The molecular weight excluding hydrogens is 492 g/mol. The molecule has 3 aromatic carbocycles. The van der Waals surface area contributed by atoms with Gasteiger partial charge in [-0.2, -0.15) is 15.1 Å². The van der Waals surface area contributed by atoms with Crippen molar-refractivity contribution in [1.82, 2.24) is 9.97 Å². The molecule has 0 spiro atoms. The number of benzene rings is 3. The molecule has 0 saturated carbocycles. The van der Waals surface area contributed by atoms with Crippen LogP contribution in [0.15, 0.2) is 77.9 Å². The van der Waals surface area contributed by atoms with Crippen LogP contribution in [-0.4, -0.2) is 68.8 Å². The molecule has 6 rings (SSSR count). The quantitative estimate of drug-likeness (QED) is 0.269. The predicted octanol–water partition coefficient (Wildman–Crippen LogP) is 4.33. The van der Waals surface area contributed by atoms with Crippen LogP contribution >= 0.6 is 0 Å². The summed E-state index contributed by atoms with van der Waals surface area (Å²) in [6.45, 7) is 6.29. The van der Waals surface area contributed by atoms with Crippen molar-refractivity contribution < 1.29 is 14.2 Å². The van der Waals surface area contributed by atoms with Crippen molar-refractivity contribution in [3.8, 4) is 5.75 Å². The van der Waals surface area contributed by atoms with Crippen LogP contribution in [0.5, 0.6) is 5.75 Å². The zero-order valence-corrected chi connectivity index (χ0v) is 21.8. The number of hydrogen-bond donors (Lipinski definition) is 1. The molecule has 2 fully saturated rings. The van der Waals surface area contributed by atoms with Crippen molar-refractivity contribution in [3.63, 3.8) is 0 Å². The van der Waals surface area contributed by atoms with Gasteiger partial charge in [-0.1, -0.05) is 54.6 Å². The van der Waals surface area contributed by atoms with E-state index in [1.54, 1.807) is 6.21 Å². The van der Waals surface area contributed by atoms with Gasteiger partial charge in [-0.25, -0.2) is 0 Å². The summed E-state index contributed by atoms with van der Waals surface area (Å²) in [6, 6.07) is 24.5. The van der Waals surface area contributed by atoms with E-state index in [1.807, 2.05) is 30.3 Å². The van der Waals surface area contributed by atoms with Gasteiger partial charge in [-0.3, -0.25) is 5.43 Å². The van der Waals surface area contributed by atoms with Crippen LogP contribution in [0.4, 0.5) is 17.6 Å². The largest absolute Gasteiger partial charge is 0.488 e. The summed E-state index contributed by atoms with van der Waals surface area (Å²) in [5.74, 6) is 2.95. The molecule has 200 valence electrons. The van der Waals surface area contributed by atoms with Gasteiger partial charge in [-0.15, -0.1) is 0 Å². The maximum atomic E-state index is 6.25. The number of anilines is 3. The number of nitrogens with zero attached hydrogens (tertiary/aromatic N) is 5. The maximum Gasteiger partial charge on any atom is 0.229 e. The number of hydrogen-bond acceptors (Lipinski definition) is 9. The Morgan fingerprint density at radius 2 is 1.54 bits per heavy atom. The van der Waals surface area contributed by atoms with Gasteiger partial charge in [0.15, 0.2) is 5.82 Å². The van der Waals surface area contributed by atoms with Crippen molar-refractivity contribution >= 4 is 34.6 Å². The first-order valence-electron chi connectivity index (χ1n) is 13.4. The van der Waals surface area contributed by atoms with Gasteiger partial charge in [0.2, 0.25) is 5.95 Å². The second-order valence-electron chi connectivity index (χ2n) is 9.45. The van der Waals surface area contributed by atoms with E-state index in [0.29, 0.717) is 44.8 Å². The number of hydrazone groups is 1. The van der Waals surface area contributed by atoms with Crippen molar-refractivity contribution in [2.75, 3.05) is 67.8 Å². The highest BCUT2D eigenvalue weighted by Gasteiger charge is 2.19. The molecule has 1 N–H and O–H groups in total. The lowest BCUT2D eigenvalue weighted by Crippen LogP contribution is -2.39. The van der Waals surface area contributed by atoms with Gasteiger partial charge in [0.25, 0.3) is 0 Å². The lowest BCUT2D eigenvalue weighted by molar-refractivity contribution is 0.121. The number of ether oxygens (including phenoxy) is 3. The van der Waals surface area contributed by atoms with Crippen LogP contribution in [-0.2, 0) is 16.1 Å². The van der Waals surface area contributed by atoms with Crippen molar-refractivity contribution in [2.45, 2.75) is 6.61 Å². The molecule has 0 radical (unpaired) electrons. The number of nitrogens with one attached hydrogen (secondary N) is 1. The lowest BCUT2D eigenvalue weighted by atomic mass is 10.1. The van der Waals surface area contributed by atoms with E-state index >= 15 is 0 Å². The molecule has 39 heavy (non-hydrogen) atoms. The maximum absolute atomic E-state index is 6.25. The molecule has 9 heteroatoms. The Labute approximate surface area is 228 Å². The van der Waals surface area contributed by atoms with Crippen molar-refractivity contribution in [2.24, 2.45) is 5.10 Å². The van der Waals surface area contributed by atoms with Crippen LogP contribution in [0.2, 0.25) is 0 Å². The van der Waals surface area contributed by atoms with E-state index in [4.69, 9.17) is 24.2 Å². The zero-order chi connectivity index (χ0) is 26.3. The Morgan fingerprint density at radius 3 is 2.38 bits per heavy atom. The minimum atomic E-state index is 0.470. The van der Waals surface area contributed by atoms with Crippen LogP contribution in [0.3, 0.4) is 0 Å². The Bertz CT molecular complexity index is 1390. The summed E-state index contributed by atoms with van der Waals surface area (Å²) in [5.41, 5.74) is 5.14. The SMILES string of the molecule is C(=N\Nc1cc(N2CCOCC2)nc(N2CCOCC2)n1)/c1ccccc1OCc1cccc2ccccc12. The fourth-order valence-electron chi connectivity index (χ4n) is 4.80. The molecule has 0 amide bonds. The van der Waals surface area contributed by atoms with Crippen LogP contribution in [0.1, 0.15) is 11.1 Å². The summed E-state index contributed by atoms with van der Waals surface area (Å²) in [7, 11) is 0. The van der Waals surface area contributed by atoms with E-state index in [2.05, 4.69) is 62.8 Å². The van der Waals surface area contributed by atoms with Gasteiger partial charge in [0.05, 0.1) is 32.6 Å². The Balaban J connectivity index is 1.19. The molecule has 4 aromatic rings. The first-order chi connectivity index (χ1) is 19.3. The average molecular weight is 525 g/mol. The molecule has 9 nitrogen and oxygen atoms in total. The standard InChI is InChI=1S/C30H32N6O3/c1-3-10-26-23(6-1)8-5-9-25(26)22-39-27-11-4-2-7-24(27)21-31-34-28-20-29(35-12-16-37-17-13-35)33-30(32-28)36-14-18-38-19-15-36/h1-11,20-21H,12-19,22H2,(H,32,33,34)/b31-21+. The van der Waals surface area contributed by atoms with Gasteiger partial charge in [0, 0.05) is 37.8 Å². The topological polar surface area (TPSA) is 84.3 Å². The molecule has 3 heterocycles. The monoisotopic (exact) mass is 524 g/mol. The molecule has 2 aliphatic rings. The molecule has 0 unspecified atom stereocenters. The van der Waals surface area contributed by atoms with E-state index in [9.17, 15) is 0 Å². The fourth-order valence-corrected chi connectivity index (χ4v) is 4.80. The fraction of sp³-hybridized carbons (Fsp3) is 0.300. The average Bonchev–Trinajstić information content (AvgIpc) is 3.01. The Morgan fingerprint density at radius 1 is 0.821 bits per heavy atom. The summed E-state index contributed by atoms with van der Waals surface area (Å²) < 4.78 is 17.3. The lowest BCUT2D eigenvalue weighted by Gasteiger charge is -2.31. The zero-order valence-electron chi connectivity index (χ0n) is 21.8. The Kier molecular flexibility index (Phi) is 7.79. The van der Waals surface area contributed by atoms with E-state index in [1.165, 1.54) is 10.8 Å². The number of fused-ring (bicyclic) bond motifs is 1. The molecule has 2 saturated heterocycles. The van der Waals surface area contributed by atoms with Gasteiger partial charge < -0.3 is 24.0 Å². The third kappa shape index (κ3) is 6.10. The van der Waals surface area contributed by atoms with Gasteiger partial charge in [-0.05, 0) is 28.5 Å². The van der Waals surface area contributed by atoms with Gasteiger partial charge >= 0.3 is 0 Å². The summed E-state index contributed by atoms with van der Waals surface area (Å²) in [6.07, 6.45) is 1.77. The summed E-state index contributed by atoms with van der Waals surface area (Å²) in [5, 5.41) is 6.92. The molecular formula is C30H32N6O3. The van der Waals surface area contributed by atoms with E-state index < -0.39 is 0 Å². The molecule has 2 aliphatic heterocycles. The molecule has 0 atom stereocenters. The predicted molar refractivity (Wildman–Crippen MR) is 154 cm³/mol. The minimum Gasteiger partial charge on any atom is -0.488 e. The third-order valence-corrected chi connectivity index (χ3v) is 6.89. The summed E-state index contributed by atoms with van der Waals surface area (Å²) >= 11 is 0. The highest BCUT2D eigenvalue weighted by atomic mass is 16.5. The second-order valence-corrected chi connectivity index (χ2v) is 9.45. The van der Waals surface area contributed by atoms with Gasteiger partial charge in [0.1, 0.15) is 18.2 Å². The minimum absolute atomic E-state index is 0.470. The smallest absolute Gasteiger partial charge is 0.229 e. The van der Waals surface area contributed by atoms with Crippen LogP contribution < -0.4 is 20.0 Å². The first-order valence-corrected chi connectivity index (χ1v) is 13.4. The summed E-state index contributed by atoms with van der Waals surface area (Å²) in [4.78, 5) is 14.0. The second kappa shape index (κ2) is 12.1. The highest BCUT2D eigenvalue weighted by Crippen LogP contribution is 2.24. The highest BCUT2D eigenvalue weighted by molar-refractivity contribution is 5.86. The van der Waals surface area contributed by atoms with Crippen molar-refractivity contribution in [3.05, 3.63) is 83.9 Å². The molecule has 1 aromatic heterocycles. The molecule has 0 aliphatic carbocycles. The normalized spacial score (nSPS) is 16.1. The Hall–Kier alpha value is -4.21. The number of aromatic nitrogens is 2.